The van der Waals surface area contributed by atoms with E-state index in [-0.39, 0.29) is 40.5 Å². The number of sulfonamides is 1. The third-order valence-corrected chi connectivity index (χ3v) is 10.5. The van der Waals surface area contributed by atoms with E-state index in [1.807, 2.05) is 61.5 Å². The van der Waals surface area contributed by atoms with Gasteiger partial charge in [-0.15, -0.1) is 0 Å². The molecule has 0 aromatic heterocycles. The van der Waals surface area contributed by atoms with E-state index >= 15 is 0 Å². The minimum absolute atomic E-state index is 0.00119. The van der Waals surface area contributed by atoms with Crippen LogP contribution in [-0.4, -0.2) is 43.8 Å². The molecule has 240 valence electrons. The van der Waals surface area contributed by atoms with E-state index in [9.17, 15) is 18.0 Å². The maximum absolute atomic E-state index is 14.6. The molecule has 10 heteroatoms. The maximum Gasteiger partial charge on any atom is 0.264 e. The molecule has 1 N–H and O–H groups in total. The standard InChI is InChI=1S/C36H37Cl2N3O4S/c1-26-16-18-28(19-17-26)24-40(34(22-27-10-4-2-5-11-27)36(43)39-30-12-8-9-13-30)35(42)25-41(33-21-20-29(37)23-32(33)38)46(44,45)31-14-6-3-7-15-31/h2-7,10-11,14-21,23,30,34H,8-9,12-13,22,24-25H2,1H3,(H,39,43). The van der Waals surface area contributed by atoms with Crippen molar-refractivity contribution >= 4 is 50.7 Å². The van der Waals surface area contributed by atoms with Gasteiger partial charge in [0.25, 0.3) is 10.0 Å². The summed E-state index contributed by atoms with van der Waals surface area (Å²) in [4.78, 5) is 30.2. The highest BCUT2D eigenvalue weighted by Crippen LogP contribution is 2.33. The number of amides is 2. The molecule has 5 rings (SSSR count). The summed E-state index contributed by atoms with van der Waals surface area (Å²) >= 11 is 12.7. The molecule has 4 aromatic carbocycles. The summed E-state index contributed by atoms with van der Waals surface area (Å²) < 4.78 is 29.3. The number of carbonyl (C=O) groups excluding carboxylic acids is 2. The van der Waals surface area contributed by atoms with Crippen LogP contribution in [0.4, 0.5) is 5.69 Å². The molecule has 2 amide bonds. The summed E-state index contributed by atoms with van der Waals surface area (Å²) in [6.07, 6.45) is 4.09. The van der Waals surface area contributed by atoms with Gasteiger partial charge in [0.05, 0.1) is 15.6 Å². The molecule has 0 aliphatic heterocycles. The van der Waals surface area contributed by atoms with E-state index in [1.54, 1.807) is 18.2 Å². The highest BCUT2D eigenvalue weighted by atomic mass is 35.5. The SMILES string of the molecule is Cc1ccc(CN(C(=O)CN(c2ccc(Cl)cc2Cl)S(=O)(=O)c2ccccc2)C(Cc2ccccc2)C(=O)NC2CCCC2)cc1. The van der Waals surface area contributed by atoms with Gasteiger partial charge in [0.2, 0.25) is 11.8 Å². The van der Waals surface area contributed by atoms with Crippen LogP contribution in [0.2, 0.25) is 10.0 Å². The Hall–Kier alpha value is -3.85. The highest BCUT2D eigenvalue weighted by Gasteiger charge is 2.36. The van der Waals surface area contributed by atoms with Crippen molar-refractivity contribution in [1.82, 2.24) is 10.2 Å². The van der Waals surface area contributed by atoms with E-state index in [0.29, 0.717) is 5.02 Å². The molecule has 1 aliphatic carbocycles. The van der Waals surface area contributed by atoms with Crippen LogP contribution in [0.15, 0.2) is 108 Å². The molecule has 4 aromatic rings. The first kappa shape index (κ1) is 33.5. The molecule has 0 heterocycles. The zero-order chi connectivity index (χ0) is 32.7. The Balaban J connectivity index is 1.57. The summed E-state index contributed by atoms with van der Waals surface area (Å²) in [7, 11) is -4.26. The molecule has 0 spiro atoms. The number of rotatable bonds is 12. The van der Waals surface area contributed by atoms with E-state index in [4.69, 9.17) is 23.2 Å². The average Bonchev–Trinajstić information content (AvgIpc) is 3.56. The summed E-state index contributed by atoms with van der Waals surface area (Å²) in [6.45, 7) is 1.48. The van der Waals surface area contributed by atoms with Crippen molar-refractivity contribution in [2.45, 2.75) is 62.6 Å². The Kier molecular flexibility index (Phi) is 11.0. The van der Waals surface area contributed by atoms with E-state index in [1.165, 1.54) is 35.2 Å². The Morgan fingerprint density at radius 1 is 0.848 bits per heavy atom. The van der Waals surface area contributed by atoms with Gasteiger partial charge in [0.15, 0.2) is 0 Å². The predicted molar refractivity (Wildman–Crippen MR) is 183 cm³/mol. The Labute approximate surface area is 281 Å². The molecule has 1 saturated carbocycles. The van der Waals surface area contributed by atoms with Gasteiger partial charge in [-0.25, -0.2) is 8.42 Å². The number of hydrogen-bond donors (Lipinski definition) is 1. The van der Waals surface area contributed by atoms with Gasteiger partial charge in [0.1, 0.15) is 12.6 Å². The molecule has 0 saturated heterocycles. The third-order valence-electron chi connectivity index (χ3n) is 8.23. The second-order valence-corrected chi connectivity index (χ2v) is 14.3. The summed E-state index contributed by atoms with van der Waals surface area (Å²) in [5.41, 5.74) is 2.85. The van der Waals surface area contributed by atoms with E-state index in [0.717, 1.165) is 46.7 Å². The Morgan fingerprint density at radius 2 is 1.48 bits per heavy atom. The first-order valence-electron chi connectivity index (χ1n) is 15.3. The lowest BCUT2D eigenvalue weighted by Gasteiger charge is -2.34. The topological polar surface area (TPSA) is 86.8 Å². The van der Waals surface area contributed by atoms with Crippen molar-refractivity contribution in [3.63, 3.8) is 0 Å². The lowest BCUT2D eigenvalue weighted by molar-refractivity contribution is -0.140. The molecule has 1 aliphatic rings. The fourth-order valence-electron chi connectivity index (χ4n) is 5.73. The van der Waals surface area contributed by atoms with Crippen LogP contribution in [0.1, 0.15) is 42.4 Å². The quantitative estimate of drug-likeness (QED) is 0.172. The van der Waals surface area contributed by atoms with Crippen molar-refractivity contribution in [3.8, 4) is 0 Å². The average molecular weight is 679 g/mol. The smallest absolute Gasteiger partial charge is 0.264 e. The van der Waals surface area contributed by atoms with Crippen LogP contribution in [0.3, 0.4) is 0 Å². The number of nitrogens with zero attached hydrogens (tertiary/aromatic N) is 2. The minimum Gasteiger partial charge on any atom is -0.352 e. The fraction of sp³-hybridized carbons (Fsp3) is 0.278. The van der Waals surface area contributed by atoms with E-state index in [2.05, 4.69) is 5.32 Å². The van der Waals surface area contributed by atoms with Crippen molar-refractivity contribution in [3.05, 3.63) is 130 Å². The Morgan fingerprint density at radius 3 is 2.11 bits per heavy atom. The molecule has 0 bridgehead atoms. The molecule has 0 radical (unpaired) electrons. The number of benzene rings is 4. The predicted octanol–water partition coefficient (Wildman–Crippen LogP) is 7.20. The zero-order valence-corrected chi connectivity index (χ0v) is 27.9. The zero-order valence-electron chi connectivity index (χ0n) is 25.6. The van der Waals surface area contributed by atoms with Crippen LogP contribution in [0, 0.1) is 6.92 Å². The number of halogens is 2. The van der Waals surface area contributed by atoms with Gasteiger partial charge in [0, 0.05) is 24.0 Å². The van der Waals surface area contributed by atoms with Gasteiger partial charge in [-0.1, -0.05) is 114 Å². The number of hydrogen-bond acceptors (Lipinski definition) is 4. The molecule has 46 heavy (non-hydrogen) atoms. The van der Waals surface area contributed by atoms with E-state index < -0.39 is 28.5 Å². The second kappa shape index (κ2) is 15.2. The van der Waals surface area contributed by atoms with Crippen LogP contribution < -0.4 is 9.62 Å². The number of aryl methyl sites for hydroxylation is 1. The summed E-state index contributed by atoms with van der Waals surface area (Å²) in [5, 5.41) is 3.58. The largest absolute Gasteiger partial charge is 0.352 e. The maximum atomic E-state index is 14.6. The monoisotopic (exact) mass is 677 g/mol. The minimum atomic E-state index is -4.26. The number of nitrogens with one attached hydrogen (secondary N) is 1. The summed E-state index contributed by atoms with van der Waals surface area (Å²) in [5.74, 6) is -0.813. The van der Waals surface area contributed by atoms with Gasteiger partial charge in [-0.3, -0.25) is 13.9 Å². The van der Waals surface area contributed by atoms with Gasteiger partial charge in [-0.05, 0) is 61.2 Å². The molecule has 1 unspecified atom stereocenters. The molecule has 1 fully saturated rings. The third kappa shape index (κ3) is 8.29. The number of anilines is 1. The van der Waals surface area contributed by atoms with Crippen molar-refractivity contribution in [2.24, 2.45) is 0 Å². The molecular weight excluding hydrogens is 641 g/mol. The Bertz CT molecular complexity index is 1750. The van der Waals surface area contributed by atoms with Crippen molar-refractivity contribution in [1.29, 1.82) is 0 Å². The van der Waals surface area contributed by atoms with Crippen LogP contribution in [0.25, 0.3) is 0 Å². The molecular formula is C36H37Cl2N3O4S. The fourth-order valence-corrected chi connectivity index (χ4v) is 7.74. The lowest BCUT2D eigenvalue weighted by Crippen LogP contribution is -2.54. The normalized spacial score (nSPS) is 14.1. The number of carbonyl (C=O) groups is 2. The van der Waals surface area contributed by atoms with Crippen LogP contribution in [-0.2, 0) is 32.6 Å². The summed E-state index contributed by atoms with van der Waals surface area (Å²) in [6, 6.07) is 28.7. The van der Waals surface area contributed by atoms with Gasteiger partial charge >= 0.3 is 0 Å². The molecule has 7 nitrogen and oxygen atoms in total. The van der Waals surface area contributed by atoms with Crippen molar-refractivity contribution < 1.29 is 18.0 Å². The van der Waals surface area contributed by atoms with Crippen LogP contribution in [0.5, 0.6) is 0 Å². The second-order valence-electron chi connectivity index (χ2n) is 11.6. The highest BCUT2D eigenvalue weighted by molar-refractivity contribution is 7.92. The first-order chi connectivity index (χ1) is 22.1. The first-order valence-corrected chi connectivity index (χ1v) is 17.5. The lowest BCUT2D eigenvalue weighted by atomic mass is 10.0. The van der Waals surface area contributed by atoms with Gasteiger partial charge in [-0.2, -0.15) is 0 Å². The molecule has 1 atom stereocenters. The van der Waals surface area contributed by atoms with Gasteiger partial charge < -0.3 is 10.2 Å². The van der Waals surface area contributed by atoms with Crippen molar-refractivity contribution in [2.75, 3.05) is 10.8 Å². The van der Waals surface area contributed by atoms with Crippen LogP contribution >= 0.6 is 23.2 Å².